The SMILES string of the molecule is Cc1cc(-c2cc(Cl)ccc2OCCn2c(C(F)(F)F)nc3c(c2=O)CC(N2CCC(OC(F)(F)F)CC2)CC3)c2scc(C(=O)O)c2n1. The van der Waals surface area contributed by atoms with Crippen LogP contribution in [0.5, 0.6) is 5.75 Å². The maximum atomic E-state index is 14.2. The minimum absolute atomic E-state index is 0.0237. The van der Waals surface area contributed by atoms with Crippen LogP contribution in [0.25, 0.3) is 21.3 Å². The Hall–Kier alpha value is -3.73. The van der Waals surface area contributed by atoms with Gasteiger partial charge in [-0.05, 0) is 63.3 Å². The summed E-state index contributed by atoms with van der Waals surface area (Å²) in [5.41, 5.74) is 1.22. The molecule has 1 N–H and O–H groups in total. The molecule has 4 aromatic rings. The molecule has 1 fully saturated rings. The molecule has 2 aliphatic rings. The molecule has 1 aliphatic heterocycles. The second-order valence-electron chi connectivity index (χ2n) is 11.9. The number of pyridine rings is 1. The first-order chi connectivity index (χ1) is 23.1. The van der Waals surface area contributed by atoms with Gasteiger partial charge in [-0.15, -0.1) is 24.5 Å². The molecule has 262 valence electrons. The van der Waals surface area contributed by atoms with Crippen molar-refractivity contribution in [1.82, 2.24) is 19.4 Å². The smallest absolute Gasteiger partial charge is 0.491 e. The quantitative estimate of drug-likeness (QED) is 0.191. The van der Waals surface area contributed by atoms with Gasteiger partial charge in [0.15, 0.2) is 0 Å². The van der Waals surface area contributed by atoms with Gasteiger partial charge in [0.2, 0.25) is 5.82 Å². The summed E-state index contributed by atoms with van der Waals surface area (Å²) in [6.07, 6.45) is -9.71. The topological polar surface area (TPSA) is 107 Å². The second-order valence-corrected chi connectivity index (χ2v) is 13.3. The first-order valence-corrected chi connectivity index (χ1v) is 16.6. The standard InChI is InChI=1S/C32H29ClF6N4O5S/c1-16-12-21(27-26(40-16)23(15-49-27)29(45)46)20-13-17(33)2-5-25(20)47-11-10-43-28(44)22-14-18(3-4-24(22)41-30(43)31(34,35)36)42-8-6-19(7-9-42)48-32(37,38)39/h2,5,12-13,15,18-19H,3-4,6-11,14H2,1H3,(H,45,46). The van der Waals surface area contributed by atoms with Crippen molar-refractivity contribution in [2.75, 3.05) is 19.7 Å². The number of rotatable bonds is 8. The average molecular weight is 731 g/mol. The summed E-state index contributed by atoms with van der Waals surface area (Å²) in [6.45, 7) is 1.44. The van der Waals surface area contributed by atoms with E-state index in [9.17, 15) is 41.0 Å². The maximum absolute atomic E-state index is 14.2. The lowest BCUT2D eigenvalue weighted by Crippen LogP contribution is -2.48. The van der Waals surface area contributed by atoms with Crippen LogP contribution < -0.4 is 10.3 Å². The first kappa shape index (κ1) is 35.1. The third-order valence-electron chi connectivity index (χ3n) is 8.73. The molecule has 1 aromatic carbocycles. The second kappa shape index (κ2) is 13.5. The molecule has 3 aromatic heterocycles. The van der Waals surface area contributed by atoms with Crippen molar-refractivity contribution in [3.05, 3.63) is 73.4 Å². The number of likely N-dealkylation sites (tertiary alicyclic amines) is 1. The van der Waals surface area contributed by atoms with Crippen molar-refractivity contribution in [2.24, 2.45) is 0 Å². The molecule has 0 radical (unpaired) electrons. The number of benzene rings is 1. The molecule has 1 atom stereocenters. The Balaban J connectivity index is 1.25. The summed E-state index contributed by atoms with van der Waals surface area (Å²) in [4.78, 5) is 35.7. The number of carbonyl (C=O) groups is 1. The van der Waals surface area contributed by atoms with Gasteiger partial charge >= 0.3 is 18.5 Å². The normalized spacial score (nSPS) is 17.8. The number of nitrogens with zero attached hydrogens (tertiary/aromatic N) is 4. The van der Waals surface area contributed by atoms with Crippen LogP contribution in [0.3, 0.4) is 0 Å². The molecule has 17 heteroatoms. The number of carboxylic acids is 1. The van der Waals surface area contributed by atoms with Crippen LogP contribution >= 0.6 is 22.9 Å². The van der Waals surface area contributed by atoms with E-state index in [1.165, 1.54) is 17.5 Å². The van der Waals surface area contributed by atoms with Gasteiger partial charge in [0, 0.05) is 51.9 Å². The molecule has 9 nitrogen and oxygen atoms in total. The van der Waals surface area contributed by atoms with Crippen LogP contribution in [0.2, 0.25) is 5.02 Å². The lowest BCUT2D eigenvalue weighted by molar-refractivity contribution is -0.346. The van der Waals surface area contributed by atoms with E-state index in [-0.39, 0.29) is 66.4 Å². The minimum Gasteiger partial charge on any atom is -0.491 e. The van der Waals surface area contributed by atoms with Crippen LogP contribution in [0.15, 0.2) is 34.4 Å². The molecule has 0 saturated carbocycles. The fourth-order valence-electron chi connectivity index (χ4n) is 6.55. The molecule has 0 amide bonds. The summed E-state index contributed by atoms with van der Waals surface area (Å²) in [5, 5.41) is 11.4. The number of hydrogen-bond donors (Lipinski definition) is 1. The predicted octanol–water partition coefficient (Wildman–Crippen LogP) is 7.14. The van der Waals surface area contributed by atoms with Gasteiger partial charge in [-0.3, -0.25) is 24.0 Å². The Morgan fingerprint density at radius 3 is 2.49 bits per heavy atom. The van der Waals surface area contributed by atoms with E-state index >= 15 is 0 Å². The number of aromatic nitrogens is 3. The average Bonchev–Trinajstić information content (AvgIpc) is 3.45. The Labute approximate surface area is 284 Å². The van der Waals surface area contributed by atoms with Gasteiger partial charge in [-0.2, -0.15) is 13.2 Å². The number of aryl methyl sites for hydroxylation is 2. The van der Waals surface area contributed by atoms with Crippen molar-refractivity contribution in [2.45, 2.75) is 70.3 Å². The Morgan fingerprint density at radius 2 is 1.82 bits per heavy atom. The third-order valence-corrected chi connectivity index (χ3v) is 9.97. The Morgan fingerprint density at radius 1 is 1.08 bits per heavy atom. The Kier molecular flexibility index (Phi) is 9.69. The van der Waals surface area contributed by atoms with E-state index in [1.807, 2.05) is 4.90 Å². The lowest BCUT2D eigenvalue weighted by Gasteiger charge is -2.39. The van der Waals surface area contributed by atoms with Gasteiger partial charge in [0.25, 0.3) is 5.56 Å². The molecule has 49 heavy (non-hydrogen) atoms. The number of aromatic carboxylic acids is 1. The largest absolute Gasteiger partial charge is 0.522 e. The van der Waals surface area contributed by atoms with E-state index < -0.39 is 42.5 Å². The van der Waals surface area contributed by atoms with Crippen molar-refractivity contribution >= 4 is 39.1 Å². The van der Waals surface area contributed by atoms with Crippen molar-refractivity contribution < 1.29 is 45.7 Å². The van der Waals surface area contributed by atoms with Crippen LogP contribution in [0.1, 0.15) is 52.4 Å². The number of piperidine rings is 1. The fourth-order valence-corrected chi connectivity index (χ4v) is 7.73. The summed E-state index contributed by atoms with van der Waals surface area (Å²) < 4.78 is 91.9. The summed E-state index contributed by atoms with van der Waals surface area (Å²) >= 11 is 7.47. The van der Waals surface area contributed by atoms with E-state index in [0.717, 1.165) is 11.3 Å². The maximum Gasteiger partial charge on any atom is 0.522 e. The van der Waals surface area contributed by atoms with E-state index in [2.05, 4.69) is 14.7 Å². The molecule has 0 spiro atoms. The predicted molar refractivity (Wildman–Crippen MR) is 168 cm³/mol. The number of alkyl halides is 6. The van der Waals surface area contributed by atoms with E-state index in [4.69, 9.17) is 16.3 Å². The van der Waals surface area contributed by atoms with Crippen molar-refractivity contribution in [3.8, 4) is 16.9 Å². The lowest BCUT2D eigenvalue weighted by atomic mass is 9.90. The molecule has 0 bridgehead atoms. The van der Waals surface area contributed by atoms with Crippen LogP contribution in [-0.2, 0) is 30.3 Å². The number of ether oxygens (including phenoxy) is 2. The number of halogens is 7. The zero-order chi connectivity index (χ0) is 35.2. The van der Waals surface area contributed by atoms with Crippen LogP contribution in [0.4, 0.5) is 26.3 Å². The molecule has 1 saturated heterocycles. The van der Waals surface area contributed by atoms with Crippen molar-refractivity contribution in [3.63, 3.8) is 0 Å². The van der Waals surface area contributed by atoms with Gasteiger partial charge in [-0.25, -0.2) is 9.78 Å². The number of carboxylic acid groups (broad SMARTS) is 1. The van der Waals surface area contributed by atoms with Gasteiger partial charge in [0.1, 0.15) is 12.4 Å². The summed E-state index contributed by atoms with van der Waals surface area (Å²) in [7, 11) is 0. The van der Waals surface area contributed by atoms with Crippen LogP contribution in [0, 0.1) is 6.92 Å². The van der Waals surface area contributed by atoms with E-state index in [1.54, 1.807) is 19.1 Å². The number of thiophene rings is 1. The van der Waals surface area contributed by atoms with Crippen molar-refractivity contribution in [1.29, 1.82) is 0 Å². The zero-order valence-electron chi connectivity index (χ0n) is 25.8. The fraction of sp³-hybridized carbons (Fsp3) is 0.438. The number of fused-ring (bicyclic) bond motifs is 2. The molecule has 1 aliphatic carbocycles. The van der Waals surface area contributed by atoms with E-state index in [0.29, 0.717) is 50.6 Å². The zero-order valence-corrected chi connectivity index (χ0v) is 27.4. The summed E-state index contributed by atoms with van der Waals surface area (Å²) in [5.74, 6) is -2.24. The molecule has 1 unspecified atom stereocenters. The monoisotopic (exact) mass is 730 g/mol. The molecule has 6 rings (SSSR count). The molecule has 4 heterocycles. The van der Waals surface area contributed by atoms with Gasteiger partial charge in [-0.1, -0.05) is 11.6 Å². The first-order valence-electron chi connectivity index (χ1n) is 15.3. The highest BCUT2D eigenvalue weighted by Crippen LogP contribution is 2.40. The number of hydrogen-bond acceptors (Lipinski definition) is 8. The highest BCUT2D eigenvalue weighted by Gasteiger charge is 2.40. The highest BCUT2D eigenvalue weighted by molar-refractivity contribution is 7.18. The van der Waals surface area contributed by atoms with Gasteiger partial charge < -0.3 is 9.84 Å². The Bertz CT molecular complexity index is 1960. The molecular formula is C32H29ClF6N4O5S. The minimum atomic E-state index is -4.93. The molecular weight excluding hydrogens is 702 g/mol. The summed E-state index contributed by atoms with van der Waals surface area (Å²) in [6, 6.07) is 6.15. The van der Waals surface area contributed by atoms with Crippen LogP contribution in [-0.4, -0.2) is 68.7 Å². The third kappa shape index (κ3) is 7.56. The highest BCUT2D eigenvalue weighted by atomic mass is 35.5. The van der Waals surface area contributed by atoms with Gasteiger partial charge in [0.05, 0.1) is 34.1 Å².